The first-order valence-corrected chi connectivity index (χ1v) is 6.21. The average Bonchev–Trinajstić information content (AvgIpc) is 2.68. The van der Waals surface area contributed by atoms with Crippen LogP contribution < -0.4 is 5.48 Å². The van der Waals surface area contributed by atoms with Crippen molar-refractivity contribution in [3.05, 3.63) is 59.3 Å². The van der Waals surface area contributed by atoms with Gasteiger partial charge in [-0.25, -0.2) is 4.79 Å². The molecule has 4 aliphatic rings. The largest absolute Gasteiger partial charge is 0.351 e. The molecule has 1 aliphatic heterocycles. The zero-order valence-electron chi connectivity index (χ0n) is 10.1. The molecule has 1 spiro atoms. The number of hydrogen-bond acceptors (Lipinski definition) is 3. The highest BCUT2D eigenvalue weighted by Crippen LogP contribution is 2.48. The molecule has 0 saturated carbocycles. The minimum Gasteiger partial charge on any atom is -0.339 e. The molecule has 94 valence electrons. The number of hydroxylamine groups is 1. The lowest BCUT2D eigenvalue weighted by molar-refractivity contribution is -0.148. The van der Waals surface area contributed by atoms with E-state index in [0.29, 0.717) is 6.42 Å². The van der Waals surface area contributed by atoms with Gasteiger partial charge in [0.15, 0.2) is 5.41 Å². The van der Waals surface area contributed by atoms with E-state index in [4.69, 9.17) is 4.84 Å². The molecule has 19 heavy (non-hydrogen) atoms. The molecule has 4 heteroatoms. The second-order valence-corrected chi connectivity index (χ2v) is 5.17. The molecule has 0 aromatic carbocycles. The fourth-order valence-electron chi connectivity index (χ4n) is 3.21. The lowest BCUT2D eigenvalue weighted by Gasteiger charge is -2.36. The predicted octanol–water partition coefficient (Wildman–Crippen LogP) is 1.50. The van der Waals surface area contributed by atoms with Gasteiger partial charge in [0.2, 0.25) is 0 Å². The van der Waals surface area contributed by atoms with Crippen LogP contribution in [0.25, 0.3) is 0 Å². The summed E-state index contributed by atoms with van der Waals surface area (Å²) in [6.07, 6.45) is 14.2. The van der Waals surface area contributed by atoms with Crippen LogP contribution in [-0.2, 0) is 14.4 Å². The first-order valence-electron chi connectivity index (χ1n) is 6.21. The number of allylic oxidation sites excluding steroid dienone is 9. The fraction of sp³-hybridized carbons (Fsp3) is 0.200. The summed E-state index contributed by atoms with van der Waals surface area (Å²) < 4.78 is 0. The summed E-state index contributed by atoms with van der Waals surface area (Å²) in [5.74, 6) is -0.700. The van der Waals surface area contributed by atoms with Crippen LogP contribution in [0, 0.1) is 11.3 Å². The number of hydrogen-bond donors (Lipinski definition) is 1. The van der Waals surface area contributed by atoms with Crippen molar-refractivity contribution in [2.45, 2.75) is 6.42 Å². The summed E-state index contributed by atoms with van der Waals surface area (Å²) in [7, 11) is 0. The van der Waals surface area contributed by atoms with Crippen LogP contribution in [0.15, 0.2) is 59.3 Å². The Morgan fingerprint density at radius 2 is 1.95 bits per heavy atom. The van der Waals surface area contributed by atoms with E-state index in [0.717, 1.165) is 11.1 Å². The van der Waals surface area contributed by atoms with Gasteiger partial charge in [-0.1, -0.05) is 48.1 Å². The van der Waals surface area contributed by atoms with E-state index >= 15 is 0 Å². The van der Waals surface area contributed by atoms with E-state index in [-0.39, 0.29) is 11.8 Å². The topological polar surface area (TPSA) is 55.4 Å². The van der Waals surface area contributed by atoms with E-state index in [1.807, 2.05) is 24.3 Å². The van der Waals surface area contributed by atoms with E-state index in [1.54, 1.807) is 6.08 Å². The molecule has 1 amide bonds. The number of rotatable bonds is 0. The smallest absolute Gasteiger partial charge is 0.339 e. The van der Waals surface area contributed by atoms with Crippen LogP contribution in [-0.4, -0.2) is 11.9 Å². The van der Waals surface area contributed by atoms with E-state index in [9.17, 15) is 9.59 Å². The van der Waals surface area contributed by atoms with Gasteiger partial charge in [0.05, 0.1) is 0 Å². The maximum atomic E-state index is 12.0. The number of nitrogens with one attached hydrogen (secondary N) is 1. The molecule has 0 aromatic rings. The van der Waals surface area contributed by atoms with Gasteiger partial charge in [-0.3, -0.25) is 4.79 Å². The summed E-state index contributed by atoms with van der Waals surface area (Å²) in [4.78, 5) is 28.7. The number of carbonyl (C=O) groups excluding carboxylic acids is 2. The minimum absolute atomic E-state index is 0.182. The van der Waals surface area contributed by atoms with E-state index in [2.05, 4.69) is 17.6 Å². The summed E-state index contributed by atoms with van der Waals surface area (Å²) in [6, 6.07) is 0. The van der Waals surface area contributed by atoms with Crippen LogP contribution in [0.3, 0.4) is 0 Å². The van der Waals surface area contributed by atoms with Crippen molar-refractivity contribution in [3.63, 3.8) is 0 Å². The molecule has 0 bridgehead atoms. The van der Waals surface area contributed by atoms with Crippen LogP contribution >= 0.6 is 0 Å². The summed E-state index contributed by atoms with van der Waals surface area (Å²) in [6.45, 7) is 0. The third-order valence-corrected chi connectivity index (χ3v) is 4.12. The molecule has 3 aliphatic carbocycles. The Hall–Kier alpha value is -2.36. The van der Waals surface area contributed by atoms with Crippen molar-refractivity contribution < 1.29 is 14.4 Å². The second-order valence-electron chi connectivity index (χ2n) is 5.17. The van der Waals surface area contributed by atoms with Crippen molar-refractivity contribution in [2.24, 2.45) is 11.3 Å². The van der Waals surface area contributed by atoms with Gasteiger partial charge in [0, 0.05) is 5.92 Å². The van der Waals surface area contributed by atoms with E-state index in [1.165, 1.54) is 5.57 Å². The van der Waals surface area contributed by atoms with Crippen molar-refractivity contribution in [2.75, 3.05) is 0 Å². The van der Waals surface area contributed by atoms with Crippen LogP contribution in [0.1, 0.15) is 6.42 Å². The SMILES string of the molecule is O=C1NOC(=O)[C@@]12C=C1C=CC=C3C=CC=C(C2)[C@H]31. The molecule has 4 rings (SSSR count). The Bertz CT molecular complexity index is 645. The first kappa shape index (κ1) is 10.6. The fourth-order valence-corrected chi connectivity index (χ4v) is 3.21. The van der Waals surface area contributed by atoms with Crippen molar-refractivity contribution in [1.29, 1.82) is 0 Å². The van der Waals surface area contributed by atoms with Gasteiger partial charge in [-0.05, 0) is 17.6 Å². The predicted molar refractivity (Wildman–Crippen MR) is 67.3 cm³/mol. The molecule has 2 atom stereocenters. The average molecular weight is 253 g/mol. The monoisotopic (exact) mass is 253 g/mol. The molecule has 1 saturated heterocycles. The normalized spacial score (nSPS) is 34.3. The zero-order valence-corrected chi connectivity index (χ0v) is 10.1. The quantitative estimate of drug-likeness (QED) is 0.666. The molecule has 0 unspecified atom stereocenters. The summed E-state index contributed by atoms with van der Waals surface area (Å²) in [5, 5.41) is 0. The Kier molecular flexibility index (Phi) is 1.86. The minimum atomic E-state index is -1.18. The first-order chi connectivity index (χ1) is 9.21. The molecular formula is C15H11NO3. The number of carbonyl (C=O) groups is 2. The molecule has 4 nitrogen and oxygen atoms in total. The number of amides is 1. The van der Waals surface area contributed by atoms with Crippen molar-refractivity contribution in [3.8, 4) is 0 Å². The van der Waals surface area contributed by atoms with Gasteiger partial charge < -0.3 is 4.84 Å². The lowest BCUT2D eigenvalue weighted by atomic mass is 9.65. The maximum absolute atomic E-state index is 12.0. The van der Waals surface area contributed by atoms with Crippen LogP contribution in [0.5, 0.6) is 0 Å². The molecule has 1 heterocycles. The highest BCUT2D eigenvalue weighted by atomic mass is 16.7. The molecule has 1 fully saturated rings. The summed E-state index contributed by atoms with van der Waals surface area (Å²) >= 11 is 0. The van der Waals surface area contributed by atoms with Gasteiger partial charge in [-0.15, -0.1) is 0 Å². The third-order valence-electron chi connectivity index (χ3n) is 4.12. The second kappa shape index (κ2) is 3.35. The Labute approximate surface area is 109 Å². The van der Waals surface area contributed by atoms with Crippen molar-refractivity contribution >= 4 is 11.9 Å². The third kappa shape index (κ3) is 1.23. The molecule has 0 aromatic heterocycles. The Balaban J connectivity index is 1.93. The highest BCUT2D eigenvalue weighted by Gasteiger charge is 2.55. The van der Waals surface area contributed by atoms with Gasteiger partial charge >= 0.3 is 5.97 Å². The molecule has 1 N–H and O–H groups in total. The molecule has 0 radical (unpaired) electrons. The van der Waals surface area contributed by atoms with Gasteiger partial charge in [-0.2, -0.15) is 5.48 Å². The van der Waals surface area contributed by atoms with Crippen LogP contribution in [0.2, 0.25) is 0 Å². The maximum Gasteiger partial charge on any atom is 0.351 e. The van der Waals surface area contributed by atoms with Crippen LogP contribution in [0.4, 0.5) is 0 Å². The Morgan fingerprint density at radius 1 is 1.16 bits per heavy atom. The lowest BCUT2D eigenvalue weighted by Crippen LogP contribution is -2.39. The van der Waals surface area contributed by atoms with E-state index < -0.39 is 11.4 Å². The summed E-state index contributed by atoms with van der Waals surface area (Å²) in [5.41, 5.74) is 4.28. The van der Waals surface area contributed by atoms with Crippen molar-refractivity contribution in [1.82, 2.24) is 5.48 Å². The van der Waals surface area contributed by atoms with Gasteiger partial charge in [0.1, 0.15) is 0 Å². The zero-order chi connectivity index (χ0) is 13.0. The highest BCUT2D eigenvalue weighted by molar-refractivity contribution is 6.09. The Morgan fingerprint density at radius 3 is 2.74 bits per heavy atom. The standard InChI is InChI=1S/C15H11NO3/c17-13-15(14(18)19-16-13)7-10-5-1-3-9-4-2-6-11(8-15)12(9)10/h1-7,12H,8H2,(H,16,17)/t12-,15-/m1/s1. The van der Waals surface area contributed by atoms with Gasteiger partial charge in [0.25, 0.3) is 5.91 Å². The molecular weight excluding hydrogens is 242 g/mol.